The van der Waals surface area contributed by atoms with E-state index in [-0.39, 0.29) is 5.76 Å². The molecule has 3 nitrogen and oxygen atoms in total. The van der Waals surface area contributed by atoms with Crippen molar-refractivity contribution in [1.82, 2.24) is 0 Å². The summed E-state index contributed by atoms with van der Waals surface area (Å²) in [5.74, 6) is -0.700. The smallest absolute Gasteiger partial charge is 0.379 e. The van der Waals surface area contributed by atoms with Crippen LogP contribution >= 0.6 is 0 Å². The zero-order valence-electron chi connectivity index (χ0n) is 10.6. The number of aliphatic hydroxyl groups is 1. The summed E-state index contributed by atoms with van der Waals surface area (Å²) in [6, 6.07) is 18.7. The van der Waals surface area contributed by atoms with Gasteiger partial charge in [-0.3, -0.25) is 0 Å². The first-order chi connectivity index (χ1) is 9.75. The van der Waals surface area contributed by atoms with Crippen LogP contribution in [-0.2, 0) is 9.53 Å². The van der Waals surface area contributed by atoms with Crippen LogP contribution < -0.4 is 0 Å². The lowest BCUT2D eigenvalue weighted by Crippen LogP contribution is -1.96. The molecule has 0 saturated carbocycles. The van der Waals surface area contributed by atoms with Crippen LogP contribution in [0.1, 0.15) is 11.1 Å². The molecule has 0 aliphatic carbocycles. The predicted octanol–water partition coefficient (Wildman–Crippen LogP) is 3.55. The lowest BCUT2D eigenvalue weighted by molar-refractivity contribution is -0.135. The van der Waals surface area contributed by atoms with E-state index < -0.39 is 5.97 Å². The Morgan fingerprint density at radius 1 is 0.900 bits per heavy atom. The molecule has 0 radical (unpaired) electrons. The Bertz CT molecular complexity index is 698. The Hall–Kier alpha value is -2.81. The van der Waals surface area contributed by atoms with Crippen molar-refractivity contribution in [3.8, 4) is 0 Å². The molecule has 2 aromatic carbocycles. The molecule has 1 heterocycles. The maximum Gasteiger partial charge on any atom is 0.379 e. The van der Waals surface area contributed by atoms with Gasteiger partial charge in [0.25, 0.3) is 0 Å². The van der Waals surface area contributed by atoms with Crippen molar-refractivity contribution < 1.29 is 14.6 Å². The molecule has 1 aliphatic heterocycles. The minimum Gasteiger partial charge on any atom is -0.501 e. The lowest BCUT2D eigenvalue weighted by atomic mass is 10.0. The third-order valence-electron chi connectivity index (χ3n) is 3.04. The second kappa shape index (κ2) is 5.05. The fourth-order valence-electron chi connectivity index (χ4n) is 2.10. The number of carbonyl (C=O) groups excluding carboxylic acids is 1. The van der Waals surface area contributed by atoms with Crippen molar-refractivity contribution in [2.45, 2.75) is 0 Å². The van der Waals surface area contributed by atoms with Crippen molar-refractivity contribution in [2.24, 2.45) is 0 Å². The molecule has 0 saturated heterocycles. The average molecular weight is 264 g/mol. The van der Waals surface area contributed by atoms with Gasteiger partial charge in [-0.15, -0.1) is 0 Å². The number of ether oxygens (including phenoxy) is 1. The van der Waals surface area contributed by atoms with Gasteiger partial charge in [-0.1, -0.05) is 60.7 Å². The molecule has 98 valence electrons. The molecule has 0 amide bonds. The zero-order valence-corrected chi connectivity index (χ0v) is 10.6. The third-order valence-corrected chi connectivity index (χ3v) is 3.04. The summed E-state index contributed by atoms with van der Waals surface area (Å²) in [4.78, 5) is 11.6. The molecular weight excluding hydrogens is 252 g/mol. The molecule has 1 N–H and O–H groups in total. The number of cyclic esters (lactones) is 1. The summed E-state index contributed by atoms with van der Waals surface area (Å²) in [7, 11) is 0. The number of aliphatic hydroxyl groups excluding tert-OH is 1. The van der Waals surface area contributed by atoms with Crippen LogP contribution in [0.25, 0.3) is 11.6 Å². The number of carbonyl (C=O) groups is 1. The van der Waals surface area contributed by atoms with Gasteiger partial charge in [0.05, 0.1) is 5.57 Å². The fraction of sp³-hybridized carbons (Fsp3) is 0. The minimum atomic E-state index is -0.717. The number of hydrogen-bond donors (Lipinski definition) is 1. The van der Waals surface area contributed by atoms with E-state index in [0.717, 1.165) is 11.1 Å². The van der Waals surface area contributed by atoms with Gasteiger partial charge in [-0.2, -0.15) is 0 Å². The van der Waals surface area contributed by atoms with Crippen LogP contribution in [0.5, 0.6) is 0 Å². The van der Waals surface area contributed by atoms with Crippen LogP contribution in [0.3, 0.4) is 0 Å². The van der Waals surface area contributed by atoms with Crippen LogP contribution in [0, 0.1) is 0 Å². The molecule has 0 atom stereocenters. The lowest BCUT2D eigenvalue weighted by Gasteiger charge is -2.04. The van der Waals surface area contributed by atoms with Gasteiger partial charge in [0.1, 0.15) is 5.76 Å². The minimum absolute atomic E-state index is 0.349. The van der Waals surface area contributed by atoms with Crippen LogP contribution in [0.2, 0.25) is 0 Å². The van der Waals surface area contributed by atoms with Gasteiger partial charge in [0.2, 0.25) is 5.76 Å². The number of benzene rings is 2. The normalized spacial score (nSPS) is 16.6. The highest BCUT2D eigenvalue weighted by atomic mass is 16.6. The Balaban J connectivity index is 2.09. The molecule has 0 fully saturated rings. The monoisotopic (exact) mass is 264 g/mol. The molecule has 3 heteroatoms. The highest BCUT2D eigenvalue weighted by Gasteiger charge is 2.30. The Morgan fingerprint density at radius 3 is 2.15 bits per heavy atom. The first-order valence-electron chi connectivity index (χ1n) is 6.23. The molecule has 1 aliphatic rings. The van der Waals surface area contributed by atoms with Crippen LogP contribution in [0.15, 0.2) is 72.2 Å². The van der Waals surface area contributed by atoms with E-state index in [4.69, 9.17) is 4.74 Å². The van der Waals surface area contributed by atoms with E-state index in [1.165, 1.54) is 0 Å². The molecule has 0 aromatic heterocycles. The quantitative estimate of drug-likeness (QED) is 0.844. The van der Waals surface area contributed by atoms with Crippen LogP contribution in [-0.4, -0.2) is 11.1 Å². The summed E-state index contributed by atoms with van der Waals surface area (Å²) in [5.41, 5.74) is 2.08. The maximum atomic E-state index is 11.6. The standard InChI is InChI=1S/C17H12O3/c18-16-15(13-9-5-2-6-10-13)14(20-17(16)19)11-12-7-3-1-4-8-12/h1-11,18H/b14-11+. The van der Waals surface area contributed by atoms with Crippen molar-refractivity contribution in [3.05, 3.63) is 83.3 Å². The van der Waals surface area contributed by atoms with E-state index in [2.05, 4.69) is 0 Å². The molecule has 3 rings (SSSR count). The molecule has 2 aromatic rings. The van der Waals surface area contributed by atoms with Crippen molar-refractivity contribution in [1.29, 1.82) is 0 Å². The number of esters is 1. The number of allylic oxidation sites excluding steroid dienone is 1. The van der Waals surface area contributed by atoms with E-state index in [0.29, 0.717) is 11.3 Å². The van der Waals surface area contributed by atoms with Crippen molar-refractivity contribution in [2.75, 3.05) is 0 Å². The largest absolute Gasteiger partial charge is 0.501 e. The van der Waals surface area contributed by atoms with E-state index in [1.54, 1.807) is 6.08 Å². The zero-order chi connectivity index (χ0) is 13.9. The van der Waals surface area contributed by atoms with Gasteiger partial charge in [0, 0.05) is 0 Å². The predicted molar refractivity (Wildman–Crippen MR) is 76.5 cm³/mol. The molecule has 0 unspecified atom stereocenters. The highest BCUT2D eigenvalue weighted by molar-refractivity contribution is 6.06. The highest BCUT2D eigenvalue weighted by Crippen LogP contribution is 2.34. The number of hydrogen-bond acceptors (Lipinski definition) is 3. The number of rotatable bonds is 2. The Labute approximate surface area is 116 Å². The summed E-state index contributed by atoms with van der Waals surface area (Å²) < 4.78 is 5.14. The van der Waals surface area contributed by atoms with Gasteiger partial charge >= 0.3 is 5.97 Å². The van der Waals surface area contributed by atoms with Gasteiger partial charge in [-0.25, -0.2) is 4.79 Å². The molecule has 0 spiro atoms. The van der Waals surface area contributed by atoms with E-state index >= 15 is 0 Å². The summed E-state index contributed by atoms with van der Waals surface area (Å²) in [5, 5.41) is 9.92. The first kappa shape index (κ1) is 12.2. The summed E-state index contributed by atoms with van der Waals surface area (Å²) in [6.45, 7) is 0. The van der Waals surface area contributed by atoms with Gasteiger partial charge in [-0.05, 0) is 17.2 Å². The molecular formula is C17H12O3. The van der Waals surface area contributed by atoms with Gasteiger partial charge < -0.3 is 9.84 Å². The SMILES string of the molecule is O=C1O/C(=C/c2ccccc2)C(c2ccccc2)=C1O. The topological polar surface area (TPSA) is 46.5 Å². The van der Waals surface area contributed by atoms with E-state index in [9.17, 15) is 9.90 Å². The first-order valence-corrected chi connectivity index (χ1v) is 6.23. The van der Waals surface area contributed by atoms with E-state index in [1.807, 2.05) is 60.7 Å². The fourth-order valence-corrected chi connectivity index (χ4v) is 2.10. The molecule has 20 heavy (non-hydrogen) atoms. The molecule has 0 bridgehead atoms. The Morgan fingerprint density at radius 2 is 1.50 bits per heavy atom. The van der Waals surface area contributed by atoms with Crippen LogP contribution in [0.4, 0.5) is 0 Å². The summed E-state index contributed by atoms with van der Waals surface area (Å²) >= 11 is 0. The second-order valence-corrected chi connectivity index (χ2v) is 4.40. The average Bonchev–Trinajstić information content (AvgIpc) is 2.76. The Kier molecular flexibility index (Phi) is 3.09. The third kappa shape index (κ3) is 2.21. The van der Waals surface area contributed by atoms with Gasteiger partial charge in [0.15, 0.2) is 0 Å². The maximum absolute atomic E-state index is 11.6. The summed E-state index contributed by atoms with van der Waals surface area (Å²) in [6.07, 6.45) is 1.74. The van der Waals surface area contributed by atoms with Crippen molar-refractivity contribution in [3.63, 3.8) is 0 Å². The second-order valence-electron chi connectivity index (χ2n) is 4.40. The van der Waals surface area contributed by atoms with Crippen molar-refractivity contribution >= 4 is 17.6 Å².